The number of aromatic amines is 1. The molecule has 0 saturated heterocycles. The lowest BCUT2D eigenvalue weighted by Gasteiger charge is -2.28. The summed E-state index contributed by atoms with van der Waals surface area (Å²) < 4.78 is 7.65. The van der Waals surface area contributed by atoms with Crippen molar-refractivity contribution in [3.05, 3.63) is 77.2 Å². The number of para-hydroxylation sites is 2. The van der Waals surface area contributed by atoms with Crippen molar-refractivity contribution >= 4 is 34.2 Å². The normalized spacial score (nSPS) is 12.6. The van der Waals surface area contributed by atoms with E-state index in [1.165, 1.54) is 0 Å². The van der Waals surface area contributed by atoms with E-state index in [0.29, 0.717) is 13.1 Å². The molecule has 4 rings (SSSR count). The minimum atomic E-state index is -0.644. The lowest BCUT2D eigenvalue weighted by Crippen LogP contribution is -2.45. The molecular formula is C25H30ClN3O3. The van der Waals surface area contributed by atoms with E-state index in [4.69, 9.17) is 4.74 Å². The van der Waals surface area contributed by atoms with Gasteiger partial charge in [0.25, 0.3) is 0 Å². The molecule has 0 amide bonds. The number of β-amino-alcohol motifs (C(OH)–C–C–N with tert-alkyl or cyclic N) is 1. The van der Waals surface area contributed by atoms with Gasteiger partial charge < -0.3 is 20.1 Å². The molecule has 0 aliphatic carbocycles. The lowest BCUT2D eigenvalue weighted by atomic mass is 10.0. The zero-order valence-corrected chi connectivity index (χ0v) is 19.2. The number of hydrogen-bond acceptors (Lipinski definition) is 4. The summed E-state index contributed by atoms with van der Waals surface area (Å²) in [5.74, 6) is 0.773. The van der Waals surface area contributed by atoms with E-state index in [0.717, 1.165) is 34.0 Å². The third-order valence-corrected chi connectivity index (χ3v) is 5.64. The molecule has 6 nitrogen and oxygen atoms in total. The Morgan fingerprint density at radius 3 is 2.62 bits per heavy atom. The summed E-state index contributed by atoms with van der Waals surface area (Å²) in [6.07, 6.45) is 0.0973. The molecule has 1 unspecified atom stereocenters. The molecular weight excluding hydrogens is 426 g/mol. The van der Waals surface area contributed by atoms with Gasteiger partial charge in [0, 0.05) is 24.0 Å². The highest BCUT2D eigenvalue weighted by Gasteiger charge is 2.20. The molecule has 3 aromatic carbocycles. The van der Waals surface area contributed by atoms with E-state index >= 15 is 0 Å². The van der Waals surface area contributed by atoms with Crippen molar-refractivity contribution in [2.75, 3.05) is 13.2 Å². The number of H-pyrrole nitrogens is 1. The van der Waals surface area contributed by atoms with Gasteiger partial charge in [-0.15, -0.1) is 12.4 Å². The number of ether oxygens (including phenoxy) is 1. The number of aromatic nitrogens is 2. The topological polar surface area (TPSA) is 79.3 Å². The van der Waals surface area contributed by atoms with Crippen LogP contribution in [0.4, 0.5) is 0 Å². The van der Waals surface area contributed by atoms with Crippen LogP contribution < -0.4 is 15.7 Å². The van der Waals surface area contributed by atoms with Gasteiger partial charge in [-0.2, -0.15) is 0 Å². The van der Waals surface area contributed by atoms with E-state index < -0.39 is 6.10 Å². The smallest absolute Gasteiger partial charge is 0.326 e. The highest BCUT2D eigenvalue weighted by atomic mass is 35.5. The third-order valence-electron chi connectivity index (χ3n) is 5.64. The zero-order chi connectivity index (χ0) is 21.8. The average Bonchev–Trinajstić information content (AvgIpc) is 3.10. The number of rotatable bonds is 9. The van der Waals surface area contributed by atoms with Gasteiger partial charge in [-0.05, 0) is 43.9 Å². The van der Waals surface area contributed by atoms with Gasteiger partial charge in [-0.25, -0.2) is 4.79 Å². The molecule has 7 heteroatoms. The van der Waals surface area contributed by atoms with Gasteiger partial charge in [0.2, 0.25) is 0 Å². The summed E-state index contributed by atoms with van der Waals surface area (Å²) in [4.78, 5) is 15.2. The highest BCUT2D eigenvalue weighted by Crippen LogP contribution is 2.25. The summed E-state index contributed by atoms with van der Waals surface area (Å²) in [7, 11) is 0. The zero-order valence-electron chi connectivity index (χ0n) is 18.4. The minimum absolute atomic E-state index is 0. The molecule has 1 aromatic heterocycles. The van der Waals surface area contributed by atoms with Crippen LogP contribution in [0.1, 0.15) is 20.3 Å². The molecule has 0 aliphatic heterocycles. The van der Waals surface area contributed by atoms with Crippen molar-refractivity contribution in [1.82, 2.24) is 14.9 Å². The summed E-state index contributed by atoms with van der Waals surface area (Å²) >= 11 is 0. The Balaban J connectivity index is 0.00000289. The van der Waals surface area contributed by atoms with Crippen LogP contribution >= 0.6 is 12.4 Å². The quantitative estimate of drug-likeness (QED) is 0.355. The highest BCUT2D eigenvalue weighted by molar-refractivity contribution is 5.88. The molecule has 0 saturated carbocycles. The molecule has 0 radical (unpaired) electrons. The Bertz CT molecular complexity index is 1230. The predicted molar refractivity (Wildman–Crippen MR) is 132 cm³/mol. The fourth-order valence-corrected chi connectivity index (χ4v) is 3.77. The molecule has 0 aliphatic rings. The average molecular weight is 456 g/mol. The van der Waals surface area contributed by atoms with Crippen LogP contribution in [-0.2, 0) is 6.54 Å². The molecule has 0 fully saturated rings. The first-order valence-electron chi connectivity index (χ1n) is 10.6. The van der Waals surface area contributed by atoms with Crippen molar-refractivity contribution < 1.29 is 9.84 Å². The first-order valence-corrected chi connectivity index (χ1v) is 10.6. The number of halogens is 1. The van der Waals surface area contributed by atoms with Gasteiger partial charge in [-0.3, -0.25) is 4.57 Å². The molecule has 3 N–H and O–H groups in total. The van der Waals surface area contributed by atoms with E-state index in [2.05, 4.69) is 24.1 Å². The molecule has 1 atom stereocenters. The second-order valence-corrected chi connectivity index (χ2v) is 8.56. The second-order valence-electron chi connectivity index (χ2n) is 8.56. The van der Waals surface area contributed by atoms with Crippen LogP contribution in [0.3, 0.4) is 0 Å². The van der Waals surface area contributed by atoms with Crippen LogP contribution in [0.2, 0.25) is 0 Å². The number of imidazole rings is 1. The first kappa shape index (κ1) is 23.9. The predicted octanol–water partition coefficient (Wildman–Crippen LogP) is 4.10. The second kappa shape index (κ2) is 10.2. The maximum absolute atomic E-state index is 12.3. The van der Waals surface area contributed by atoms with Gasteiger partial charge in [-0.1, -0.05) is 48.5 Å². The minimum Gasteiger partial charge on any atom is -0.490 e. The SMILES string of the molecule is CC(C)(CCn1c(=O)[nH]c2ccccc21)NCC(O)COc1cccc2ccccc12.Cl. The maximum Gasteiger partial charge on any atom is 0.326 e. The van der Waals surface area contributed by atoms with Gasteiger partial charge in [0.15, 0.2) is 0 Å². The summed E-state index contributed by atoms with van der Waals surface area (Å²) in [5.41, 5.74) is 1.41. The molecule has 4 aromatic rings. The van der Waals surface area contributed by atoms with Crippen molar-refractivity contribution in [2.45, 2.75) is 38.5 Å². The van der Waals surface area contributed by atoms with Gasteiger partial charge in [0.1, 0.15) is 18.5 Å². The van der Waals surface area contributed by atoms with E-state index in [9.17, 15) is 9.90 Å². The standard InChI is InChI=1S/C25H29N3O3.ClH/c1-25(2,14-15-28-22-12-6-5-11-21(22)27-24(28)30)26-16-19(29)17-31-23-13-7-9-18-8-3-4-10-20(18)23;/h3-13,19,26,29H,14-17H2,1-2H3,(H,27,30);1H. The fraction of sp³-hybridized carbons (Fsp3) is 0.320. The fourth-order valence-electron chi connectivity index (χ4n) is 3.77. The maximum atomic E-state index is 12.3. The largest absolute Gasteiger partial charge is 0.490 e. The number of aliphatic hydroxyl groups excluding tert-OH is 1. The van der Waals surface area contributed by atoms with Crippen LogP contribution in [0.25, 0.3) is 21.8 Å². The summed E-state index contributed by atoms with van der Waals surface area (Å²) in [6, 6.07) is 21.7. The number of fused-ring (bicyclic) bond motifs is 2. The molecule has 170 valence electrons. The number of aliphatic hydroxyl groups is 1. The number of nitrogens with one attached hydrogen (secondary N) is 2. The van der Waals surface area contributed by atoms with Crippen molar-refractivity contribution in [1.29, 1.82) is 0 Å². The number of nitrogens with zero attached hydrogens (tertiary/aromatic N) is 1. The van der Waals surface area contributed by atoms with Gasteiger partial charge in [0.05, 0.1) is 11.0 Å². The van der Waals surface area contributed by atoms with Crippen molar-refractivity contribution in [3.63, 3.8) is 0 Å². The Hall–Kier alpha value is -2.80. The van der Waals surface area contributed by atoms with E-state index in [1.807, 2.05) is 66.7 Å². The molecule has 1 heterocycles. The number of benzene rings is 3. The Morgan fingerprint density at radius 1 is 1.06 bits per heavy atom. The van der Waals surface area contributed by atoms with E-state index in [1.54, 1.807) is 4.57 Å². The Kier molecular flexibility index (Phi) is 7.61. The monoisotopic (exact) mass is 455 g/mol. The first-order chi connectivity index (χ1) is 14.9. The van der Waals surface area contributed by atoms with Crippen molar-refractivity contribution in [2.24, 2.45) is 0 Å². The molecule has 0 bridgehead atoms. The number of hydrogen-bond donors (Lipinski definition) is 3. The summed E-state index contributed by atoms with van der Waals surface area (Å²) in [6.45, 7) is 5.35. The molecule has 32 heavy (non-hydrogen) atoms. The van der Waals surface area contributed by atoms with E-state index in [-0.39, 0.29) is 30.2 Å². The summed E-state index contributed by atoms with van der Waals surface area (Å²) in [5, 5.41) is 16.0. The van der Waals surface area contributed by atoms with Crippen LogP contribution in [-0.4, -0.2) is 39.5 Å². The van der Waals surface area contributed by atoms with Gasteiger partial charge >= 0.3 is 5.69 Å². The number of aryl methyl sites for hydroxylation is 1. The van der Waals surface area contributed by atoms with Crippen molar-refractivity contribution in [3.8, 4) is 5.75 Å². The molecule has 0 spiro atoms. The third kappa shape index (κ3) is 5.51. The Morgan fingerprint density at radius 2 is 1.78 bits per heavy atom. The lowest BCUT2D eigenvalue weighted by molar-refractivity contribution is 0.0985. The van der Waals surface area contributed by atoms with Crippen LogP contribution in [0.5, 0.6) is 5.75 Å². The van der Waals surface area contributed by atoms with Crippen LogP contribution in [0, 0.1) is 0 Å². The van der Waals surface area contributed by atoms with Crippen LogP contribution in [0.15, 0.2) is 71.5 Å². The Labute approximate surface area is 193 Å².